The predicted molar refractivity (Wildman–Crippen MR) is 153 cm³/mol. The van der Waals surface area contributed by atoms with E-state index in [1.165, 1.54) is 24.1 Å². The molecule has 1 N–H and O–H groups in total. The molecule has 0 aliphatic heterocycles. The fourth-order valence-corrected chi connectivity index (χ4v) is 5.43. The molecule has 0 aromatic heterocycles. The Bertz CT molecular complexity index is 1380. The minimum atomic E-state index is -4.15. The summed E-state index contributed by atoms with van der Waals surface area (Å²) < 4.78 is 33.9. The van der Waals surface area contributed by atoms with E-state index >= 15 is 0 Å². The number of amides is 2. The average Bonchev–Trinajstić information content (AvgIpc) is 2.91. The zero-order chi connectivity index (χ0) is 28.7. The standard InChI is InChI=1S/C29H34ClN3O5S/c1-20(2)31-29(35)22(4)32(18-23-8-10-24(30)11-9-23)28(34)19-33(25-12-6-21(3)7-13-25)39(36,37)27-16-14-26(38-5)15-17-27/h6-17,20,22H,18-19H2,1-5H3,(H,31,35). The first-order chi connectivity index (χ1) is 18.4. The largest absolute Gasteiger partial charge is 0.497 e. The summed E-state index contributed by atoms with van der Waals surface area (Å²) >= 11 is 6.03. The first-order valence-electron chi connectivity index (χ1n) is 12.5. The lowest BCUT2D eigenvalue weighted by molar-refractivity contribution is -0.139. The molecule has 0 radical (unpaired) electrons. The normalized spacial score (nSPS) is 12.1. The molecule has 2 amide bonds. The van der Waals surface area contributed by atoms with Crippen LogP contribution in [-0.4, -0.2) is 50.9 Å². The third-order valence-corrected chi connectivity index (χ3v) is 8.15. The van der Waals surface area contributed by atoms with Gasteiger partial charge < -0.3 is 15.0 Å². The van der Waals surface area contributed by atoms with Crippen LogP contribution in [0.3, 0.4) is 0 Å². The van der Waals surface area contributed by atoms with Gasteiger partial charge in [0, 0.05) is 17.6 Å². The van der Waals surface area contributed by atoms with Crippen LogP contribution < -0.4 is 14.4 Å². The third-order valence-electron chi connectivity index (χ3n) is 6.11. The minimum Gasteiger partial charge on any atom is -0.497 e. The summed E-state index contributed by atoms with van der Waals surface area (Å²) in [5, 5.41) is 3.37. The van der Waals surface area contributed by atoms with Crippen molar-refractivity contribution in [1.82, 2.24) is 10.2 Å². The molecule has 0 fully saturated rings. The number of anilines is 1. The number of sulfonamides is 1. The van der Waals surface area contributed by atoms with Gasteiger partial charge >= 0.3 is 0 Å². The van der Waals surface area contributed by atoms with Crippen LogP contribution in [0.4, 0.5) is 5.69 Å². The Labute approximate surface area is 235 Å². The predicted octanol–water partition coefficient (Wildman–Crippen LogP) is 4.79. The number of hydrogen-bond acceptors (Lipinski definition) is 5. The van der Waals surface area contributed by atoms with Gasteiger partial charge in [0.05, 0.1) is 17.7 Å². The highest BCUT2D eigenvalue weighted by atomic mass is 35.5. The van der Waals surface area contributed by atoms with Crippen molar-refractivity contribution < 1.29 is 22.7 Å². The number of nitrogens with one attached hydrogen (secondary N) is 1. The molecule has 208 valence electrons. The Morgan fingerprint density at radius 2 is 1.51 bits per heavy atom. The summed E-state index contributed by atoms with van der Waals surface area (Å²) in [5.74, 6) is -0.368. The fraction of sp³-hybridized carbons (Fsp3) is 0.310. The molecule has 3 rings (SSSR count). The summed E-state index contributed by atoms with van der Waals surface area (Å²) in [6, 6.07) is 18.8. The molecule has 0 saturated heterocycles. The summed E-state index contributed by atoms with van der Waals surface area (Å²) in [7, 11) is -2.66. The van der Waals surface area contributed by atoms with E-state index in [1.807, 2.05) is 20.8 Å². The van der Waals surface area contributed by atoms with Crippen LogP contribution in [0.15, 0.2) is 77.7 Å². The van der Waals surface area contributed by atoms with Crippen molar-refractivity contribution in [2.24, 2.45) is 0 Å². The lowest BCUT2D eigenvalue weighted by Gasteiger charge is -2.32. The SMILES string of the molecule is COc1ccc(S(=O)(=O)N(CC(=O)N(Cc2ccc(Cl)cc2)C(C)C(=O)NC(C)C)c2ccc(C)cc2)cc1. The van der Waals surface area contributed by atoms with Crippen molar-refractivity contribution in [1.29, 1.82) is 0 Å². The van der Waals surface area contributed by atoms with Gasteiger partial charge in [-0.1, -0.05) is 41.4 Å². The van der Waals surface area contributed by atoms with Gasteiger partial charge in [-0.2, -0.15) is 0 Å². The van der Waals surface area contributed by atoms with Crippen LogP contribution in [0, 0.1) is 6.92 Å². The van der Waals surface area contributed by atoms with E-state index in [0.717, 1.165) is 15.4 Å². The maximum absolute atomic E-state index is 13.9. The van der Waals surface area contributed by atoms with Gasteiger partial charge in [-0.15, -0.1) is 0 Å². The Morgan fingerprint density at radius 3 is 2.05 bits per heavy atom. The van der Waals surface area contributed by atoms with Gasteiger partial charge in [0.1, 0.15) is 18.3 Å². The third kappa shape index (κ3) is 7.74. The van der Waals surface area contributed by atoms with Gasteiger partial charge in [0.15, 0.2) is 0 Å². The molecule has 39 heavy (non-hydrogen) atoms. The number of halogens is 1. The number of ether oxygens (including phenoxy) is 1. The van der Waals surface area contributed by atoms with E-state index < -0.39 is 28.5 Å². The highest BCUT2D eigenvalue weighted by molar-refractivity contribution is 7.92. The Morgan fingerprint density at radius 1 is 0.923 bits per heavy atom. The summed E-state index contributed by atoms with van der Waals surface area (Å²) in [4.78, 5) is 28.2. The lowest BCUT2D eigenvalue weighted by Crippen LogP contribution is -2.52. The van der Waals surface area contributed by atoms with Crippen LogP contribution in [0.25, 0.3) is 0 Å². The molecule has 0 aliphatic carbocycles. The smallest absolute Gasteiger partial charge is 0.264 e. The van der Waals surface area contributed by atoms with Gasteiger partial charge in [0.25, 0.3) is 10.0 Å². The van der Waals surface area contributed by atoms with E-state index in [4.69, 9.17) is 16.3 Å². The average molecular weight is 572 g/mol. The molecule has 0 spiro atoms. The molecule has 0 heterocycles. The maximum atomic E-state index is 13.9. The van der Waals surface area contributed by atoms with Crippen molar-refractivity contribution in [3.8, 4) is 5.75 Å². The van der Waals surface area contributed by atoms with Gasteiger partial charge in [0.2, 0.25) is 11.8 Å². The van der Waals surface area contributed by atoms with E-state index in [2.05, 4.69) is 5.32 Å². The molecule has 1 unspecified atom stereocenters. The highest BCUT2D eigenvalue weighted by Crippen LogP contribution is 2.26. The highest BCUT2D eigenvalue weighted by Gasteiger charge is 2.32. The van der Waals surface area contributed by atoms with E-state index in [0.29, 0.717) is 16.5 Å². The molecule has 0 aliphatic rings. The maximum Gasteiger partial charge on any atom is 0.264 e. The van der Waals surface area contributed by atoms with Crippen LogP contribution >= 0.6 is 11.6 Å². The molecule has 10 heteroatoms. The quantitative estimate of drug-likeness (QED) is 0.357. The van der Waals surface area contributed by atoms with Crippen LogP contribution in [0.1, 0.15) is 31.9 Å². The number of carbonyl (C=O) groups is 2. The van der Waals surface area contributed by atoms with Gasteiger partial charge in [-0.25, -0.2) is 8.42 Å². The molecule has 3 aromatic carbocycles. The zero-order valence-corrected chi connectivity index (χ0v) is 24.3. The van der Waals surface area contributed by atoms with Crippen LogP contribution in [-0.2, 0) is 26.2 Å². The van der Waals surface area contributed by atoms with Crippen molar-refractivity contribution in [2.75, 3.05) is 18.0 Å². The Kier molecular flexibility index (Phi) is 9.99. The van der Waals surface area contributed by atoms with Crippen molar-refractivity contribution in [2.45, 2.75) is 51.2 Å². The topological polar surface area (TPSA) is 96.0 Å². The molecule has 0 saturated carbocycles. The summed E-state index contributed by atoms with van der Waals surface area (Å²) in [6.07, 6.45) is 0. The molecule has 0 bridgehead atoms. The molecule has 8 nitrogen and oxygen atoms in total. The second-order valence-corrected chi connectivity index (χ2v) is 11.8. The number of benzene rings is 3. The number of hydrogen-bond donors (Lipinski definition) is 1. The van der Waals surface area contributed by atoms with E-state index in [9.17, 15) is 18.0 Å². The zero-order valence-electron chi connectivity index (χ0n) is 22.7. The molecular formula is C29H34ClN3O5S. The number of rotatable bonds is 11. The summed E-state index contributed by atoms with van der Waals surface area (Å²) in [5.41, 5.74) is 2.02. The lowest BCUT2D eigenvalue weighted by atomic mass is 10.1. The van der Waals surface area contributed by atoms with Gasteiger partial charge in [-0.05, 0) is 81.8 Å². The second kappa shape index (κ2) is 13.0. The minimum absolute atomic E-state index is 0.00604. The molecule has 3 aromatic rings. The number of aryl methyl sites for hydroxylation is 1. The van der Waals surface area contributed by atoms with Crippen molar-refractivity contribution in [3.05, 3.63) is 88.9 Å². The number of methoxy groups -OCH3 is 1. The monoisotopic (exact) mass is 571 g/mol. The van der Waals surface area contributed by atoms with Crippen LogP contribution in [0.2, 0.25) is 5.02 Å². The number of nitrogens with zero attached hydrogens (tertiary/aromatic N) is 2. The molecular weight excluding hydrogens is 538 g/mol. The molecule has 1 atom stereocenters. The van der Waals surface area contributed by atoms with Crippen molar-refractivity contribution >= 4 is 39.1 Å². The van der Waals surface area contributed by atoms with Crippen LogP contribution in [0.5, 0.6) is 5.75 Å². The van der Waals surface area contributed by atoms with E-state index in [-0.39, 0.29) is 23.4 Å². The fourth-order valence-electron chi connectivity index (χ4n) is 3.89. The summed E-state index contributed by atoms with van der Waals surface area (Å²) in [6.45, 7) is 6.75. The first-order valence-corrected chi connectivity index (χ1v) is 14.3. The van der Waals surface area contributed by atoms with E-state index in [1.54, 1.807) is 67.6 Å². The second-order valence-electron chi connectivity index (χ2n) is 9.51. The first kappa shape index (κ1) is 30.0. The van der Waals surface area contributed by atoms with Gasteiger partial charge in [-0.3, -0.25) is 13.9 Å². The Hall–Kier alpha value is -3.56. The van der Waals surface area contributed by atoms with Crippen molar-refractivity contribution in [3.63, 3.8) is 0 Å². The number of carbonyl (C=O) groups excluding carboxylic acids is 2. The Balaban J connectivity index is 2.02.